The Labute approximate surface area is 109 Å². The molecule has 104 valence electrons. The number of guanidine groups is 2. The summed E-state index contributed by atoms with van der Waals surface area (Å²) in [6, 6.07) is 3.44. The van der Waals surface area contributed by atoms with Gasteiger partial charge in [-0.2, -0.15) is 4.99 Å². The van der Waals surface area contributed by atoms with Crippen LogP contribution < -0.4 is 21.9 Å². The Balaban J connectivity index is 3.15. The van der Waals surface area contributed by atoms with Crippen LogP contribution in [0.25, 0.3) is 0 Å². The molecule has 1 rings (SSSR count). The predicted octanol–water partition coefficient (Wildman–Crippen LogP) is -0.583. The second-order valence-electron chi connectivity index (χ2n) is 3.55. The highest BCUT2D eigenvalue weighted by Crippen LogP contribution is 2.23. The van der Waals surface area contributed by atoms with Crippen molar-refractivity contribution in [3.8, 4) is 0 Å². The van der Waals surface area contributed by atoms with Gasteiger partial charge in [0.25, 0.3) is 0 Å². The van der Waals surface area contributed by atoms with E-state index in [1.54, 1.807) is 0 Å². The molecule has 0 saturated heterocycles. The van der Waals surface area contributed by atoms with Crippen molar-refractivity contribution >= 4 is 33.3 Å². The van der Waals surface area contributed by atoms with Crippen LogP contribution in [0.2, 0.25) is 0 Å². The highest BCUT2D eigenvalue weighted by atomic mass is 32.2. The number of anilines is 1. The zero-order valence-electron chi connectivity index (χ0n) is 9.96. The maximum atomic E-state index is 13.4. The van der Waals surface area contributed by atoms with Gasteiger partial charge in [-0.05, 0) is 18.2 Å². The Morgan fingerprint density at radius 1 is 1.32 bits per heavy atom. The minimum absolute atomic E-state index is 0.139. The second kappa shape index (κ2) is 5.52. The molecule has 0 unspecified atom stereocenters. The highest BCUT2D eigenvalue weighted by Gasteiger charge is 2.07. The van der Waals surface area contributed by atoms with Crippen molar-refractivity contribution in [2.24, 2.45) is 27.2 Å². The van der Waals surface area contributed by atoms with E-state index in [0.29, 0.717) is 0 Å². The molecular weight excluding hydrogens is 275 g/mol. The van der Waals surface area contributed by atoms with Gasteiger partial charge in [0, 0.05) is 0 Å². The number of hydrogen-bond acceptors (Lipinski definition) is 3. The number of nitrogens with zero attached hydrogens (tertiary/aromatic N) is 2. The van der Waals surface area contributed by atoms with Crippen LogP contribution >= 0.6 is 0 Å². The second-order valence-corrected chi connectivity index (χ2v) is 5.30. The fraction of sp³-hybridized carbons (Fsp3) is 0.111. The summed E-state index contributed by atoms with van der Waals surface area (Å²) in [4.78, 5) is 7.04. The molecule has 19 heavy (non-hydrogen) atoms. The van der Waals surface area contributed by atoms with Crippen LogP contribution in [-0.2, 0) is 10.0 Å². The van der Waals surface area contributed by atoms with E-state index < -0.39 is 15.8 Å². The molecule has 8 nitrogen and oxygen atoms in total. The van der Waals surface area contributed by atoms with Crippen LogP contribution in [0.15, 0.2) is 28.2 Å². The number of benzene rings is 1. The number of sulfonamides is 1. The van der Waals surface area contributed by atoms with Gasteiger partial charge in [-0.1, -0.05) is 0 Å². The van der Waals surface area contributed by atoms with E-state index in [-0.39, 0.29) is 23.3 Å². The highest BCUT2D eigenvalue weighted by molar-refractivity contribution is 7.92. The number of aliphatic imine (C=N–C) groups is 2. The number of nitrogens with two attached hydrogens (primary N) is 3. The van der Waals surface area contributed by atoms with Crippen LogP contribution in [0.4, 0.5) is 15.8 Å². The number of rotatable bonds is 3. The molecule has 1 aromatic carbocycles. The summed E-state index contributed by atoms with van der Waals surface area (Å²) in [6.07, 6.45) is 0.965. The Hall–Kier alpha value is -2.36. The van der Waals surface area contributed by atoms with Gasteiger partial charge in [-0.25, -0.2) is 17.8 Å². The molecule has 0 fully saturated rings. The van der Waals surface area contributed by atoms with Crippen molar-refractivity contribution in [2.45, 2.75) is 0 Å². The van der Waals surface area contributed by atoms with Crippen molar-refractivity contribution in [3.05, 3.63) is 24.0 Å². The van der Waals surface area contributed by atoms with Gasteiger partial charge in [-0.3, -0.25) is 4.72 Å². The lowest BCUT2D eigenvalue weighted by molar-refractivity contribution is 0.606. The molecule has 0 bridgehead atoms. The third kappa shape index (κ3) is 5.21. The first kappa shape index (κ1) is 14.7. The third-order valence-electron chi connectivity index (χ3n) is 1.73. The number of hydrogen-bond donors (Lipinski definition) is 4. The first-order valence-corrected chi connectivity index (χ1v) is 6.77. The van der Waals surface area contributed by atoms with E-state index in [1.807, 2.05) is 0 Å². The lowest BCUT2D eigenvalue weighted by Gasteiger charge is -2.05. The van der Waals surface area contributed by atoms with Crippen LogP contribution in [0.3, 0.4) is 0 Å². The van der Waals surface area contributed by atoms with E-state index in [4.69, 9.17) is 17.2 Å². The molecule has 0 aliphatic heterocycles. The molecule has 0 amide bonds. The van der Waals surface area contributed by atoms with Crippen LogP contribution in [0.1, 0.15) is 0 Å². The fourth-order valence-corrected chi connectivity index (χ4v) is 1.71. The summed E-state index contributed by atoms with van der Waals surface area (Å²) in [5.74, 6) is -1.38. The molecule has 0 aromatic heterocycles. The summed E-state index contributed by atoms with van der Waals surface area (Å²) < 4.78 is 37.7. The smallest absolute Gasteiger partial charge is 0.229 e. The van der Waals surface area contributed by atoms with E-state index in [1.165, 1.54) is 6.07 Å². The molecule has 1 aromatic rings. The van der Waals surface area contributed by atoms with Gasteiger partial charge in [0.15, 0.2) is 5.96 Å². The lowest BCUT2D eigenvalue weighted by atomic mass is 10.3. The van der Waals surface area contributed by atoms with Crippen molar-refractivity contribution < 1.29 is 12.8 Å². The zero-order chi connectivity index (χ0) is 14.6. The minimum atomic E-state index is -3.47. The largest absolute Gasteiger partial charge is 0.370 e. The van der Waals surface area contributed by atoms with Gasteiger partial charge >= 0.3 is 0 Å². The fourth-order valence-electron chi connectivity index (χ4n) is 1.16. The molecule has 0 spiro atoms. The van der Waals surface area contributed by atoms with Gasteiger partial charge in [-0.15, -0.1) is 0 Å². The monoisotopic (exact) mass is 288 g/mol. The first-order chi connectivity index (χ1) is 8.67. The summed E-state index contributed by atoms with van der Waals surface area (Å²) >= 11 is 0. The van der Waals surface area contributed by atoms with E-state index in [2.05, 4.69) is 14.7 Å². The number of nitrogens with one attached hydrogen (secondary N) is 1. The molecule has 0 radical (unpaired) electrons. The number of halogens is 1. The third-order valence-corrected chi connectivity index (χ3v) is 2.33. The Bertz CT molecular complexity index is 636. The Kier molecular flexibility index (Phi) is 4.27. The Morgan fingerprint density at radius 3 is 2.47 bits per heavy atom. The van der Waals surface area contributed by atoms with Gasteiger partial charge < -0.3 is 17.2 Å². The summed E-state index contributed by atoms with van der Waals surface area (Å²) in [5.41, 5.74) is 15.5. The maximum Gasteiger partial charge on any atom is 0.229 e. The van der Waals surface area contributed by atoms with E-state index in [9.17, 15) is 12.8 Å². The minimum Gasteiger partial charge on any atom is -0.370 e. The topological polar surface area (TPSA) is 149 Å². The SMILES string of the molecule is CS(=O)(=O)Nc1ccc(F)c(N=C(N)N=C(N)N)c1. The maximum absolute atomic E-state index is 13.4. The summed E-state index contributed by atoms with van der Waals surface area (Å²) in [5, 5.41) is 0. The van der Waals surface area contributed by atoms with Crippen LogP contribution in [0.5, 0.6) is 0 Å². The van der Waals surface area contributed by atoms with Gasteiger partial charge in [0.1, 0.15) is 11.5 Å². The molecule has 0 aliphatic rings. The predicted molar refractivity (Wildman–Crippen MR) is 72.0 cm³/mol. The molecule has 0 aliphatic carbocycles. The Morgan fingerprint density at radius 2 is 1.95 bits per heavy atom. The average molecular weight is 288 g/mol. The molecule has 0 heterocycles. The van der Waals surface area contributed by atoms with Crippen molar-refractivity contribution in [1.29, 1.82) is 0 Å². The molecule has 0 saturated carbocycles. The summed E-state index contributed by atoms with van der Waals surface area (Å²) in [6.45, 7) is 0. The van der Waals surface area contributed by atoms with Gasteiger partial charge in [0.2, 0.25) is 16.0 Å². The van der Waals surface area contributed by atoms with Crippen LogP contribution in [0, 0.1) is 5.82 Å². The van der Waals surface area contributed by atoms with Gasteiger partial charge in [0.05, 0.1) is 11.9 Å². The molecule has 10 heteroatoms. The average Bonchev–Trinajstić information content (AvgIpc) is 2.19. The summed E-state index contributed by atoms with van der Waals surface area (Å²) in [7, 11) is -3.47. The van der Waals surface area contributed by atoms with Crippen LogP contribution in [-0.4, -0.2) is 26.6 Å². The van der Waals surface area contributed by atoms with Crippen molar-refractivity contribution in [2.75, 3.05) is 11.0 Å². The molecule has 7 N–H and O–H groups in total. The first-order valence-electron chi connectivity index (χ1n) is 4.88. The van der Waals surface area contributed by atoms with E-state index in [0.717, 1.165) is 18.4 Å². The lowest BCUT2D eigenvalue weighted by Crippen LogP contribution is -2.26. The normalized spacial score (nSPS) is 12.0. The zero-order valence-corrected chi connectivity index (χ0v) is 10.8. The quantitative estimate of drug-likeness (QED) is 0.433. The van der Waals surface area contributed by atoms with Crippen molar-refractivity contribution in [3.63, 3.8) is 0 Å². The van der Waals surface area contributed by atoms with Crippen molar-refractivity contribution in [1.82, 2.24) is 0 Å². The van der Waals surface area contributed by atoms with E-state index >= 15 is 0 Å². The standard InChI is InChI=1S/C9H13FN6O2S/c1-19(17,18)16-5-2-3-6(10)7(4-5)14-9(13)15-8(11)12/h2-4,16H,1H3,(H6,11,12,13,14,15). The molecular formula is C9H13FN6O2S. The molecule has 0 atom stereocenters.